The van der Waals surface area contributed by atoms with Crippen molar-refractivity contribution in [3.63, 3.8) is 0 Å². The van der Waals surface area contributed by atoms with Crippen LogP contribution in [0.15, 0.2) is 71.9 Å². The molecule has 0 aliphatic heterocycles. The molecule has 2 aromatic carbocycles. The molecule has 2 atom stereocenters. The van der Waals surface area contributed by atoms with E-state index >= 15 is 0 Å². The van der Waals surface area contributed by atoms with E-state index in [1.165, 1.54) is 21.2 Å². The van der Waals surface area contributed by atoms with Crippen molar-refractivity contribution in [2.45, 2.75) is 30.7 Å². The van der Waals surface area contributed by atoms with Gasteiger partial charge in [-0.1, -0.05) is 43.3 Å². The van der Waals surface area contributed by atoms with E-state index < -0.39 is 0 Å². The second-order valence-corrected chi connectivity index (χ2v) is 7.39. The molecule has 0 saturated carbocycles. The Labute approximate surface area is 154 Å². The summed E-state index contributed by atoms with van der Waals surface area (Å²) in [7, 11) is 0. The lowest BCUT2D eigenvalue weighted by atomic mass is 10.0. The quantitative estimate of drug-likeness (QED) is 0.581. The average Bonchev–Trinajstić information content (AvgIpc) is 2.67. The van der Waals surface area contributed by atoms with Crippen molar-refractivity contribution in [1.29, 1.82) is 0 Å². The number of aromatic nitrogens is 1. The van der Waals surface area contributed by atoms with Gasteiger partial charge >= 0.3 is 0 Å². The Kier molecular flexibility index (Phi) is 6.45. The van der Waals surface area contributed by atoms with Gasteiger partial charge in [-0.15, -0.1) is 0 Å². The molecule has 0 bridgehead atoms. The number of nitrogens with one attached hydrogen (secondary N) is 2. The third kappa shape index (κ3) is 5.30. The molecule has 1 unspecified atom stereocenters. The summed E-state index contributed by atoms with van der Waals surface area (Å²) in [6.45, 7) is 6.41. The molecule has 25 heavy (non-hydrogen) atoms. The maximum atomic E-state index is 4.16. The minimum atomic E-state index is 0.390. The summed E-state index contributed by atoms with van der Waals surface area (Å²) >= 11 is 1.69. The minimum Gasteiger partial charge on any atom is -0.315 e. The van der Waals surface area contributed by atoms with Crippen molar-refractivity contribution in [2.75, 3.05) is 13.1 Å². The zero-order valence-electron chi connectivity index (χ0n) is 14.8. The highest BCUT2D eigenvalue weighted by molar-refractivity contribution is 7.97. The zero-order valence-corrected chi connectivity index (χ0v) is 15.6. The smallest absolute Gasteiger partial charge is 0.0346 e. The number of hydrogen-bond donors (Lipinski definition) is 2. The highest BCUT2D eigenvalue weighted by Gasteiger charge is 2.07. The van der Waals surface area contributed by atoms with Crippen LogP contribution >= 0.6 is 11.9 Å². The molecule has 2 N–H and O–H groups in total. The molecule has 3 rings (SSSR count). The maximum absolute atomic E-state index is 4.16. The molecule has 1 heterocycles. The summed E-state index contributed by atoms with van der Waals surface area (Å²) < 4.78 is 3.52. The van der Waals surface area contributed by atoms with Gasteiger partial charge < -0.3 is 5.32 Å². The van der Waals surface area contributed by atoms with Crippen LogP contribution in [0, 0.1) is 0 Å². The summed E-state index contributed by atoms with van der Waals surface area (Å²) in [5.74, 6) is 0.523. The van der Waals surface area contributed by atoms with E-state index in [1.54, 1.807) is 11.9 Å². The molecule has 0 fully saturated rings. The summed E-state index contributed by atoms with van der Waals surface area (Å²) in [5, 5.41) is 5.97. The first kappa shape index (κ1) is 17.9. The van der Waals surface area contributed by atoms with Crippen molar-refractivity contribution in [1.82, 2.24) is 15.0 Å². The average molecular weight is 352 g/mol. The van der Waals surface area contributed by atoms with Crippen molar-refractivity contribution in [3.8, 4) is 0 Å². The van der Waals surface area contributed by atoms with E-state index in [-0.39, 0.29) is 0 Å². The van der Waals surface area contributed by atoms with Crippen molar-refractivity contribution in [2.24, 2.45) is 0 Å². The van der Waals surface area contributed by atoms with Crippen LogP contribution < -0.4 is 10.0 Å². The molecular formula is C21H25N3S. The highest BCUT2D eigenvalue weighted by atomic mass is 32.2. The van der Waals surface area contributed by atoms with Crippen LogP contribution in [0.25, 0.3) is 10.8 Å². The first-order valence-electron chi connectivity index (χ1n) is 8.74. The lowest BCUT2D eigenvalue weighted by Gasteiger charge is -2.17. The molecule has 3 nitrogen and oxygen atoms in total. The van der Waals surface area contributed by atoms with Crippen LogP contribution in [-0.4, -0.2) is 24.1 Å². The Bertz CT molecular complexity index is 791. The predicted molar refractivity (Wildman–Crippen MR) is 108 cm³/mol. The first-order chi connectivity index (χ1) is 12.2. The summed E-state index contributed by atoms with van der Waals surface area (Å²) in [6, 6.07) is 19.6. The van der Waals surface area contributed by atoms with E-state index in [9.17, 15) is 0 Å². The zero-order chi connectivity index (χ0) is 17.5. The van der Waals surface area contributed by atoms with Gasteiger partial charge in [0.1, 0.15) is 0 Å². The Morgan fingerprint density at radius 3 is 2.64 bits per heavy atom. The Balaban J connectivity index is 1.42. The van der Waals surface area contributed by atoms with Gasteiger partial charge in [0.15, 0.2) is 0 Å². The molecule has 4 heteroatoms. The van der Waals surface area contributed by atoms with Gasteiger partial charge in [0, 0.05) is 41.8 Å². The third-order valence-electron chi connectivity index (χ3n) is 4.26. The summed E-state index contributed by atoms with van der Waals surface area (Å²) in [5.41, 5.74) is 1.38. The standard InChI is InChI=1S/C21H25N3S/c1-16(18-6-4-3-5-7-18)13-23-14-17(2)24-25-21-9-8-20-15-22-11-10-19(20)12-21/h3-12,15-17,23-24H,13-14H2,1-2H3/t16-,17?/m0/s1. The topological polar surface area (TPSA) is 37.0 Å². The fourth-order valence-electron chi connectivity index (χ4n) is 2.75. The van der Waals surface area contributed by atoms with E-state index in [0.29, 0.717) is 12.0 Å². The van der Waals surface area contributed by atoms with Crippen molar-refractivity contribution < 1.29 is 0 Å². The number of nitrogens with zero attached hydrogens (tertiary/aromatic N) is 1. The van der Waals surface area contributed by atoms with Crippen molar-refractivity contribution in [3.05, 3.63) is 72.6 Å². The summed E-state index contributed by atoms with van der Waals surface area (Å²) in [6.07, 6.45) is 3.74. The van der Waals surface area contributed by atoms with Crippen LogP contribution in [0.2, 0.25) is 0 Å². The SMILES string of the molecule is CC(CNC[C@H](C)c1ccccc1)NSc1ccc2cnccc2c1. The second-order valence-electron chi connectivity index (χ2n) is 6.48. The molecule has 0 aliphatic carbocycles. The highest BCUT2D eigenvalue weighted by Crippen LogP contribution is 2.21. The number of rotatable bonds is 8. The number of pyridine rings is 1. The Hall–Kier alpha value is -1.88. The molecule has 3 aromatic rings. The van der Waals surface area contributed by atoms with Crippen LogP contribution in [0.3, 0.4) is 0 Å². The van der Waals surface area contributed by atoms with Gasteiger partial charge in [-0.2, -0.15) is 0 Å². The number of hydrogen-bond acceptors (Lipinski definition) is 4. The third-order valence-corrected chi connectivity index (χ3v) is 5.27. The molecule has 0 aliphatic rings. The molecular weight excluding hydrogens is 326 g/mol. The number of benzene rings is 2. The van der Waals surface area contributed by atoms with Crippen molar-refractivity contribution >= 4 is 22.7 Å². The van der Waals surface area contributed by atoms with Gasteiger partial charge in [-0.25, -0.2) is 0 Å². The molecule has 0 spiro atoms. The van der Waals surface area contributed by atoms with Crippen LogP contribution in [0.1, 0.15) is 25.3 Å². The minimum absolute atomic E-state index is 0.390. The Morgan fingerprint density at radius 1 is 0.960 bits per heavy atom. The van der Waals surface area contributed by atoms with Crippen LogP contribution in [0.5, 0.6) is 0 Å². The first-order valence-corrected chi connectivity index (χ1v) is 9.56. The normalized spacial score (nSPS) is 13.7. The van der Waals surface area contributed by atoms with Crippen LogP contribution in [0.4, 0.5) is 0 Å². The molecule has 0 amide bonds. The van der Waals surface area contributed by atoms with E-state index in [1.807, 2.05) is 12.4 Å². The van der Waals surface area contributed by atoms with Crippen LogP contribution in [-0.2, 0) is 0 Å². The van der Waals surface area contributed by atoms with Gasteiger partial charge in [0.2, 0.25) is 0 Å². The van der Waals surface area contributed by atoms with Gasteiger partial charge in [-0.05, 0) is 53.9 Å². The largest absolute Gasteiger partial charge is 0.315 e. The second kappa shape index (κ2) is 8.99. The lowest BCUT2D eigenvalue weighted by molar-refractivity contribution is 0.554. The molecule has 1 aromatic heterocycles. The maximum Gasteiger partial charge on any atom is 0.0346 e. The van der Waals surface area contributed by atoms with Gasteiger partial charge in [-0.3, -0.25) is 9.71 Å². The van der Waals surface area contributed by atoms with E-state index in [2.05, 4.69) is 83.5 Å². The van der Waals surface area contributed by atoms with Gasteiger partial charge in [0.25, 0.3) is 0 Å². The fourth-order valence-corrected chi connectivity index (χ4v) is 3.49. The van der Waals surface area contributed by atoms with E-state index in [0.717, 1.165) is 13.1 Å². The molecule has 130 valence electrons. The van der Waals surface area contributed by atoms with E-state index in [4.69, 9.17) is 0 Å². The summed E-state index contributed by atoms with van der Waals surface area (Å²) in [4.78, 5) is 5.38. The Morgan fingerprint density at radius 2 is 1.80 bits per heavy atom. The molecule has 0 radical (unpaired) electrons. The number of fused-ring (bicyclic) bond motifs is 1. The van der Waals surface area contributed by atoms with Gasteiger partial charge in [0.05, 0.1) is 0 Å². The predicted octanol–water partition coefficient (Wildman–Crippen LogP) is 4.61. The fraction of sp³-hybridized carbons (Fsp3) is 0.286. The monoisotopic (exact) mass is 351 g/mol. The lowest BCUT2D eigenvalue weighted by Crippen LogP contribution is -2.34. The molecule has 0 saturated heterocycles.